The Morgan fingerprint density at radius 3 is 2.21 bits per heavy atom. The van der Waals surface area contributed by atoms with Gasteiger partial charge in [0.1, 0.15) is 5.41 Å². The van der Waals surface area contributed by atoms with Gasteiger partial charge in [0.15, 0.2) is 0 Å². The number of benzene rings is 1. The molecule has 0 aliphatic rings. The number of para-hydroxylation sites is 1. The van der Waals surface area contributed by atoms with E-state index in [9.17, 15) is 22.8 Å². The lowest BCUT2D eigenvalue weighted by Gasteiger charge is -2.24. The van der Waals surface area contributed by atoms with Gasteiger partial charge in [-0.2, -0.15) is 13.2 Å². The van der Waals surface area contributed by atoms with E-state index in [1.54, 1.807) is 0 Å². The van der Waals surface area contributed by atoms with E-state index in [2.05, 4.69) is 10.6 Å². The molecule has 1 aromatic carbocycles. The van der Waals surface area contributed by atoms with Crippen LogP contribution in [0.3, 0.4) is 0 Å². The van der Waals surface area contributed by atoms with Crippen LogP contribution in [0.4, 0.5) is 18.9 Å². The quantitative estimate of drug-likeness (QED) is 0.778. The fourth-order valence-electron chi connectivity index (χ4n) is 1.83. The summed E-state index contributed by atoms with van der Waals surface area (Å²) in [7, 11) is 3.66. The molecule has 0 saturated heterocycles. The molecule has 1 aromatic rings. The van der Waals surface area contributed by atoms with E-state index < -0.39 is 29.0 Å². The molecule has 0 saturated carbocycles. The summed E-state index contributed by atoms with van der Waals surface area (Å²) < 4.78 is 38.9. The van der Waals surface area contributed by atoms with Crippen molar-refractivity contribution in [2.24, 2.45) is 5.41 Å². The molecule has 134 valence electrons. The molecular formula is C16H22F3N3O2. The number of rotatable bonds is 6. The summed E-state index contributed by atoms with van der Waals surface area (Å²) in [5, 5.41) is 4.81. The predicted molar refractivity (Wildman–Crippen MR) is 85.4 cm³/mol. The van der Waals surface area contributed by atoms with Gasteiger partial charge in [-0.1, -0.05) is 12.1 Å². The van der Waals surface area contributed by atoms with Gasteiger partial charge in [0, 0.05) is 13.1 Å². The molecule has 0 aliphatic carbocycles. The second kappa shape index (κ2) is 7.65. The molecule has 0 aliphatic heterocycles. The van der Waals surface area contributed by atoms with Crippen LogP contribution >= 0.6 is 0 Å². The topological polar surface area (TPSA) is 61.4 Å². The summed E-state index contributed by atoms with van der Waals surface area (Å²) in [6, 6.07) is 4.65. The summed E-state index contributed by atoms with van der Waals surface area (Å²) in [4.78, 5) is 26.3. The first-order valence-corrected chi connectivity index (χ1v) is 7.37. The molecule has 8 heteroatoms. The lowest BCUT2D eigenvalue weighted by molar-refractivity contribution is -0.138. The smallest absolute Gasteiger partial charge is 0.354 e. The lowest BCUT2D eigenvalue weighted by atomic mass is 9.90. The average Bonchev–Trinajstić information content (AvgIpc) is 2.46. The monoisotopic (exact) mass is 345 g/mol. The fraction of sp³-hybridized carbons (Fsp3) is 0.500. The summed E-state index contributed by atoms with van der Waals surface area (Å²) >= 11 is 0. The lowest BCUT2D eigenvalue weighted by Crippen LogP contribution is -2.46. The van der Waals surface area contributed by atoms with Crippen molar-refractivity contribution in [3.05, 3.63) is 29.8 Å². The zero-order valence-electron chi connectivity index (χ0n) is 14.1. The molecule has 5 nitrogen and oxygen atoms in total. The van der Waals surface area contributed by atoms with E-state index in [1.165, 1.54) is 26.0 Å². The van der Waals surface area contributed by atoms with Crippen molar-refractivity contribution in [1.82, 2.24) is 10.2 Å². The average molecular weight is 345 g/mol. The van der Waals surface area contributed by atoms with Crippen LogP contribution in [0.15, 0.2) is 24.3 Å². The highest BCUT2D eigenvalue weighted by Crippen LogP contribution is 2.35. The third kappa shape index (κ3) is 5.23. The Bertz CT molecular complexity index is 598. The second-order valence-electron chi connectivity index (χ2n) is 6.18. The normalized spacial score (nSPS) is 12.2. The first-order valence-electron chi connectivity index (χ1n) is 7.37. The van der Waals surface area contributed by atoms with Crippen LogP contribution in [0.5, 0.6) is 0 Å². The van der Waals surface area contributed by atoms with Gasteiger partial charge in [-0.05, 0) is 40.1 Å². The molecule has 2 N–H and O–H groups in total. The van der Waals surface area contributed by atoms with Crippen molar-refractivity contribution in [1.29, 1.82) is 0 Å². The van der Waals surface area contributed by atoms with E-state index in [4.69, 9.17) is 0 Å². The minimum Gasteiger partial charge on any atom is -0.354 e. The zero-order chi connectivity index (χ0) is 18.5. The van der Waals surface area contributed by atoms with E-state index in [0.717, 1.165) is 12.1 Å². The van der Waals surface area contributed by atoms with Crippen molar-refractivity contribution >= 4 is 17.5 Å². The Hall–Kier alpha value is -2.09. The molecule has 24 heavy (non-hydrogen) atoms. The molecule has 0 unspecified atom stereocenters. The molecule has 0 spiro atoms. The van der Waals surface area contributed by atoms with Crippen LogP contribution in [0.2, 0.25) is 0 Å². The Morgan fingerprint density at radius 1 is 1.08 bits per heavy atom. The largest absolute Gasteiger partial charge is 0.418 e. The van der Waals surface area contributed by atoms with Crippen molar-refractivity contribution in [2.45, 2.75) is 20.0 Å². The number of anilines is 1. The Morgan fingerprint density at radius 2 is 1.67 bits per heavy atom. The molecule has 2 amide bonds. The van der Waals surface area contributed by atoms with E-state index >= 15 is 0 Å². The summed E-state index contributed by atoms with van der Waals surface area (Å²) in [6.07, 6.45) is -4.60. The third-order valence-electron chi connectivity index (χ3n) is 3.46. The molecule has 1 rings (SSSR count). The van der Waals surface area contributed by atoms with Gasteiger partial charge >= 0.3 is 6.18 Å². The van der Waals surface area contributed by atoms with Crippen molar-refractivity contribution in [2.75, 3.05) is 32.5 Å². The number of likely N-dealkylation sites (N-methyl/N-ethyl adjacent to an activating group) is 1. The SMILES string of the molecule is CN(C)CCNC(=O)C(C)(C)C(=O)Nc1ccccc1C(F)(F)F. The summed E-state index contributed by atoms with van der Waals surface area (Å²) in [5.74, 6) is -1.35. The zero-order valence-corrected chi connectivity index (χ0v) is 14.1. The molecule has 0 aromatic heterocycles. The van der Waals surface area contributed by atoms with Crippen LogP contribution < -0.4 is 10.6 Å². The van der Waals surface area contributed by atoms with Gasteiger partial charge < -0.3 is 15.5 Å². The first kappa shape index (κ1) is 20.0. The maximum absolute atomic E-state index is 13.0. The van der Waals surface area contributed by atoms with Crippen molar-refractivity contribution < 1.29 is 22.8 Å². The molecule has 0 bridgehead atoms. The van der Waals surface area contributed by atoms with Gasteiger partial charge in [-0.3, -0.25) is 9.59 Å². The highest BCUT2D eigenvalue weighted by molar-refractivity contribution is 6.10. The highest BCUT2D eigenvalue weighted by Gasteiger charge is 2.38. The molecule has 0 atom stereocenters. The van der Waals surface area contributed by atoms with Gasteiger partial charge in [-0.25, -0.2) is 0 Å². The standard InChI is InChI=1S/C16H22F3N3O2/c1-15(2,13(23)20-9-10-22(3)4)14(24)21-12-8-6-5-7-11(12)16(17,18)19/h5-8H,9-10H2,1-4H3,(H,20,23)(H,21,24). The number of nitrogens with zero attached hydrogens (tertiary/aromatic N) is 1. The van der Waals surface area contributed by atoms with Gasteiger partial charge in [0.2, 0.25) is 11.8 Å². The van der Waals surface area contributed by atoms with Crippen molar-refractivity contribution in [3.8, 4) is 0 Å². The minimum atomic E-state index is -4.60. The first-order chi connectivity index (χ1) is 11.0. The summed E-state index contributed by atoms with van der Waals surface area (Å²) in [5.41, 5.74) is -2.84. The van der Waals surface area contributed by atoms with Crippen LogP contribution in [0, 0.1) is 5.41 Å². The molecule has 0 radical (unpaired) electrons. The number of hydrogen-bond donors (Lipinski definition) is 2. The number of amides is 2. The van der Waals surface area contributed by atoms with E-state index in [1.807, 2.05) is 19.0 Å². The maximum Gasteiger partial charge on any atom is 0.418 e. The third-order valence-corrected chi connectivity index (χ3v) is 3.46. The van der Waals surface area contributed by atoms with E-state index in [0.29, 0.717) is 13.1 Å². The van der Waals surface area contributed by atoms with E-state index in [-0.39, 0.29) is 5.69 Å². The van der Waals surface area contributed by atoms with Gasteiger partial charge in [0.25, 0.3) is 0 Å². The van der Waals surface area contributed by atoms with Crippen molar-refractivity contribution in [3.63, 3.8) is 0 Å². The van der Waals surface area contributed by atoms with Crippen LogP contribution in [-0.4, -0.2) is 43.9 Å². The predicted octanol–water partition coefficient (Wildman–Crippen LogP) is 2.35. The Balaban J connectivity index is 2.85. The Labute approximate surface area is 139 Å². The Kier molecular flexibility index (Phi) is 6.36. The van der Waals surface area contributed by atoms with Crippen LogP contribution in [0.1, 0.15) is 19.4 Å². The molecule has 0 fully saturated rings. The number of hydrogen-bond acceptors (Lipinski definition) is 3. The highest BCUT2D eigenvalue weighted by atomic mass is 19.4. The minimum absolute atomic E-state index is 0.335. The number of halogens is 3. The number of alkyl halides is 3. The molecular weight excluding hydrogens is 323 g/mol. The second-order valence-corrected chi connectivity index (χ2v) is 6.18. The van der Waals surface area contributed by atoms with Gasteiger partial charge in [-0.15, -0.1) is 0 Å². The number of carbonyl (C=O) groups is 2. The number of nitrogens with one attached hydrogen (secondary N) is 2. The molecule has 0 heterocycles. The maximum atomic E-state index is 13.0. The summed E-state index contributed by atoms with van der Waals surface area (Å²) in [6.45, 7) is 3.65. The van der Waals surface area contributed by atoms with Gasteiger partial charge in [0.05, 0.1) is 11.3 Å². The van der Waals surface area contributed by atoms with Crippen LogP contribution in [0.25, 0.3) is 0 Å². The van der Waals surface area contributed by atoms with Crippen LogP contribution in [-0.2, 0) is 15.8 Å². The fourth-order valence-corrected chi connectivity index (χ4v) is 1.83. The number of carbonyl (C=O) groups excluding carboxylic acids is 2.